The van der Waals surface area contributed by atoms with Crippen molar-refractivity contribution < 1.29 is 10.1 Å². The molecule has 1 heterocycles. The van der Waals surface area contributed by atoms with Gasteiger partial charge in [-0.1, -0.05) is 48.5 Å². The third-order valence-corrected chi connectivity index (χ3v) is 5.13. The molecular weight excluding hydrogens is 328 g/mol. The molecular formula is C21H23N2OS+. The monoisotopic (exact) mass is 351 g/mol. The molecule has 2 aromatic carbocycles. The zero-order chi connectivity index (χ0) is 17.6. The maximum Gasteiger partial charge on any atom is 0.287 e. The number of anilines is 1. The van der Waals surface area contributed by atoms with Crippen molar-refractivity contribution in [3.8, 4) is 0 Å². The molecule has 1 atom stereocenters. The van der Waals surface area contributed by atoms with Crippen LogP contribution in [0.3, 0.4) is 0 Å². The van der Waals surface area contributed by atoms with Crippen LogP contribution in [0, 0.1) is 13.8 Å². The summed E-state index contributed by atoms with van der Waals surface area (Å²) in [5, 5.41) is 7.28. The molecule has 4 heteroatoms. The van der Waals surface area contributed by atoms with Crippen LogP contribution >= 0.6 is 11.3 Å². The van der Waals surface area contributed by atoms with Gasteiger partial charge in [-0.25, -0.2) is 0 Å². The number of amides is 1. The van der Waals surface area contributed by atoms with Crippen molar-refractivity contribution in [1.82, 2.24) is 0 Å². The minimum atomic E-state index is -0.275. The second-order valence-corrected chi connectivity index (χ2v) is 7.25. The maximum absolute atomic E-state index is 13.0. The van der Waals surface area contributed by atoms with Crippen LogP contribution in [0.1, 0.15) is 27.6 Å². The van der Waals surface area contributed by atoms with E-state index in [2.05, 4.69) is 28.1 Å². The highest BCUT2D eigenvalue weighted by molar-refractivity contribution is 7.09. The number of thiophene rings is 1. The average molecular weight is 351 g/mol. The van der Waals surface area contributed by atoms with Crippen LogP contribution in [0.2, 0.25) is 0 Å². The lowest BCUT2D eigenvalue weighted by molar-refractivity contribution is -0.697. The molecule has 25 heavy (non-hydrogen) atoms. The molecule has 0 unspecified atom stereocenters. The molecule has 128 valence electrons. The maximum atomic E-state index is 13.0. The van der Waals surface area contributed by atoms with E-state index in [9.17, 15) is 4.79 Å². The summed E-state index contributed by atoms with van der Waals surface area (Å²) in [5.41, 5.74) is 4.11. The first kappa shape index (κ1) is 17.4. The molecule has 0 fully saturated rings. The van der Waals surface area contributed by atoms with E-state index in [0.717, 1.165) is 28.9 Å². The Morgan fingerprint density at radius 1 is 1.08 bits per heavy atom. The number of hydrogen-bond acceptors (Lipinski definition) is 2. The number of nitrogens with two attached hydrogens (primary N) is 1. The highest BCUT2D eigenvalue weighted by atomic mass is 32.1. The SMILES string of the molecule is Cc1ccc(C)c(NC(=O)[C@H]([NH2+]Cc2cccs2)c2ccccc2)c1. The Kier molecular flexibility index (Phi) is 5.64. The lowest BCUT2D eigenvalue weighted by atomic mass is 10.1. The predicted molar refractivity (Wildman–Crippen MR) is 104 cm³/mol. The molecule has 0 aliphatic rings. The van der Waals surface area contributed by atoms with Gasteiger partial charge in [0.1, 0.15) is 6.54 Å². The third kappa shape index (κ3) is 4.56. The molecule has 1 aromatic heterocycles. The third-order valence-electron chi connectivity index (χ3n) is 4.23. The lowest BCUT2D eigenvalue weighted by Crippen LogP contribution is -2.85. The van der Waals surface area contributed by atoms with Crippen molar-refractivity contribution in [1.29, 1.82) is 0 Å². The number of quaternary nitrogens is 1. The Morgan fingerprint density at radius 3 is 2.60 bits per heavy atom. The number of carbonyl (C=O) groups is 1. The van der Waals surface area contributed by atoms with Gasteiger partial charge in [-0.3, -0.25) is 4.79 Å². The van der Waals surface area contributed by atoms with Crippen LogP contribution in [0.25, 0.3) is 0 Å². The molecule has 3 rings (SSSR count). The second-order valence-electron chi connectivity index (χ2n) is 6.22. The Hall–Kier alpha value is -2.43. The number of benzene rings is 2. The normalized spacial score (nSPS) is 11.9. The lowest BCUT2D eigenvalue weighted by Gasteiger charge is -2.17. The quantitative estimate of drug-likeness (QED) is 0.697. The topological polar surface area (TPSA) is 45.7 Å². The van der Waals surface area contributed by atoms with E-state index in [1.807, 2.05) is 62.4 Å². The largest absolute Gasteiger partial charge is 0.328 e. The highest BCUT2D eigenvalue weighted by Gasteiger charge is 2.24. The molecule has 3 N–H and O–H groups in total. The van der Waals surface area contributed by atoms with Crippen LogP contribution in [0.15, 0.2) is 66.0 Å². The zero-order valence-corrected chi connectivity index (χ0v) is 15.3. The van der Waals surface area contributed by atoms with E-state index in [4.69, 9.17) is 0 Å². The fourth-order valence-electron chi connectivity index (χ4n) is 2.80. The van der Waals surface area contributed by atoms with E-state index in [1.165, 1.54) is 4.88 Å². The summed E-state index contributed by atoms with van der Waals surface area (Å²) in [6.45, 7) is 4.84. The summed E-state index contributed by atoms with van der Waals surface area (Å²) in [5.74, 6) is 0.0106. The number of nitrogens with one attached hydrogen (secondary N) is 1. The molecule has 0 aliphatic carbocycles. The molecule has 1 amide bonds. The molecule has 3 nitrogen and oxygen atoms in total. The molecule has 0 saturated heterocycles. The fourth-order valence-corrected chi connectivity index (χ4v) is 3.48. The van der Waals surface area contributed by atoms with Crippen molar-refractivity contribution in [2.75, 3.05) is 5.32 Å². The van der Waals surface area contributed by atoms with Gasteiger partial charge in [0.25, 0.3) is 5.91 Å². The van der Waals surface area contributed by atoms with E-state index >= 15 is 0 Å². The van der Waals surface area contributed by atoms with E-state index in [1.54, 1.807) is 11.3 Å². The minimum absolute atomic E-state index is 0.0106. The van der Waals surface area contributed by atoms with Crippen molar-refractivity contribution in [2.45, 2.75) is 26.4 Å². The zero-order valence-electron chi connectivity index (χ0n) is 14.5. The van der Waals surface area contributed by atoms with Gasteiger partial charge in [-0.15, -0.1) is 11.3 Å². The van der Waals surface area contributed by atoms with Crippen LogP contribution in [0.4, 0.5) is 5.69 Å². The van der Waals surface area contributed by atoms with Crippen molar-refractivity contribution in [3.05, 3.63) is 87.6 Å². The van der Waals surface area contributed by atoms with Crippen LogP contribution < -0.4 is 10.6 Å². The molecule has 0 saturated carbocycles. The fraction of sp³-hybridized carbons (Fsp3) is 0.190. The van der Waals surface area contributed by atoms with Crippen LogP contribution in [-0.4, -0.2) is 5.91 Å². The minimum Gasteiger partial charge on any atom is -0.328 e. The second kappa shape index (κ2) is 8.10. The molecule has 0 bridgehead atoms. The number of rotatable bonds is 6. The molecule has 0 spiro atoms. The van der Waals surface area contributed by atoms with Crippen LogP contribution in [0.5, 0.6) is 0 Å². The molecule has 3 aromatic rings. The summed E-state index contributed by atoms with van der Waals surface area (Å²) in [6.07, 6.45) is 0. The Balaban J connectivity index is 1.80. The van der Waals surface area contributed by atoms with Crippen molar-refractivity contribution in [3.63, 3.8) is 0 Å². The van der Waals surface area contributed by atoms with Gasteiger partial charge >= 0.3 is 0 Å². The number of hydrogen-bond donors (Lipinski definition) is 2. The summed E-state index contributed by atoms with van der Waals surface area (Å²) in [4.78, 5) is 14.3. The molecule has 0 radical (unpaired) electrons. The Labute approximate surface area is 152 Å². The summed E-state index contributed by atoms with van der Waals surface area (Å²) in [6, 6.07) is 19.9. The summed E-state index contributed by atoms with van der Waals surface area (Å²) < 4.78 is 0. The smallest absolute Gasteiger partial charge is 0.287 e. The average Bonchev–Trinajstić information content (AvgIpc) is 3.13. The van der Waals surface area contributed by atoms with Gasteiger partial charge in [-0.05, 0) is 42.5 Å². The van der Waals surface area contributed by atoms with Crippen molar-refractivity contribution in [2.24, 2.45) is 0 Å². The predicted octanol–water partition coefficient (Wildman–Crippen LogP) is 3.81. The Morgan fingerprint density at radius 2 is 1.88 bits per heavy atom. The van der Waals surface area contributed by atoms with Gasteiger partial charge in [-0.2, -0.15) is 0 Å². The number of aryl methyl sites for hydroxylation is 2. The van der Waals surface area contributed by atoms with Gasteiger partial charge in [0, 0.05) is 11.3 Å². The van der Waals surface area contributed by atoms with Gasteiger partial charge in [0.05, 0.1) is 4.88 Å². The number of carbonyl (C=O) groups excluding carboxylic acids is 1. The first-order valence-corrected chi connectivity index (χ1v) is 9.30. The van der Waals surface area contributed by atoms with E-state index in [-0.39, 0.29) is 11.9 Å². The van der Waals surface area contributed by atoms with E-state index in [0.29, 0.717) is 0 Å². The highest BCUT2D eigenvalue weighted by Crippen LogP contribution is 2.19. The van der Waals surface area contributed by atoms with Crippen molar-refractivity contribution >= 4 is 22.9 Å². The van der Waals surface area contributed by atoms with Gasteiger partial charge < -0.3 is 10.6 Å². The van der Waals surface area contributed by atoms with Crippen LogP contribution in [-0.2, 0) is 11.3 Å². The molecule has 0 aliphatic heterocycles. The first-order chi connectivity index (χ1) is 12.1. The van der Waals surface area contributed by atoms with Gasteiger partial charge in [0.2, 0.25) is 0 Å². The van der Waals surface area contributed by atoms with Gasteiger partial charge in [0.15, 0.2) is 6.04 Å². The Bertz CT molecular complexity index is 828. The first-order valence-electron chi connectivity index (χ1n) is 8.42. The van der Waals surface area contributed by atoms with E-state index < -0.39 is 0 Å². The summed E-state index contributed by atoms with van der Waals surface area (Å²) >= 11 is 1.72. The summed E-state index contributed by atoms with van der Waals surface area (Å²) in [7, 11) is 0. The standard InChI is InChI=1S/C21H22N2OS/c1-15-10-11-16(2)19(13-15)23-21(24)20(17-7-4-3-5-8-17)22-14-18-9-6-12-25-18/h3-13,20,22H,14H2,1-2H3,(H,23,24)/p+1/t20-/m1/s1.